The van der Waals surface area contributed by atoms with Crippen LogP contribution in [0.2, 0.25) is 0 Å². The van der Waals surface area contributed by atoms with Crippen molar-refractivity contribution in [3.05, 3.63) is 36.0 Å². The predicted molar refractivity (Wildman–Crippen MR) is 85.0 cm³/mol. The van der Waals surface area contributed by atoms with Crippen LogP contribution in [0.15, 0.2) is 30.3 Å². The molecule has 1 aromatic heterocycles. The zero-order valence-electron chi connectivity index (χ0n) is 14.1. The van der Waals surface area contributed by atoms with Gasteiger partial charge < -0.3 is 9.72 Å². The second-order valence-electron chi connectivity index (χ2n) is 5.65. The van der Waals surface area contributed by atoms with Gasteiger partial charge in [-0.05, 0) is 24.4 Å². The van der Waals surface area contributed by atoms with E-state index in [1.165, 1.54) is 12.2 Å². The summed E-state index contributed by atoms with van der Waals surface area (Å²) in [6, 6.07) is 8.59. The average molecular weight is 397 g/mol. The number of rotatable bonds is 6. The highest BCUT2D eigenvalue weighted by molar-refractivity contribution is 5.80. The zero-order valence-corrected chi connectivity index (χ0v) is 14.1. The number of fused-ring (bicyclic) bond motifs is 1. The highest BCUT2D eigenvalue weighted by Crippen LogP contribution is 2.41. The highest BCUT2D eigenvalue weighted by atomic mass is 19.4. The number of carbonyl (C=O) groups excluding carboxylic acids is 1. The molecule has 1 amide bonds. The van der Waals surface area contributed by atoms with E-state index >= 15 is 0 Å². The molecule has 27 heavy (non-hydrogen) atoms. The molecule has 2 rings (SSSR count). The molecule has 1 heterocycles. The molecule has 0 radical (unpaired) electrons. The number of aromatic amines is 1. The minimum Gasteiger partial charge on any atom is -0.450 e. The highest BCUT2D eigenvalue weighted by Gasteiger charge is 2.72. The van der Waals surface area contributed by atoms with E-state index in [0.717, 1.165) is 10.7 Å². The summed E-state index contributed by atoms with van der Waals surface area (Å²) in [5.41, 5.74) is -3.48. The van der Waals surface area contributed by atoms with E-state index in [9.17, 15) is 31.1 Å². The van der Waals surface area contributed by atoms with Crippen molar-refractivity contribution in [3.8, 4) is 0 Å². The van der Waals surface area contributed by atoms with E-state index in [2.05, 4.69) is 9.72 Å². The maximum Gasteiger partial charge on any atom is 0.434 e. The number of amides is 1. The van der Waals surface area contributed by atoms with Crippen LogP contribution in [0.3, 0.4) is 0 Å². The Labute approximate surface area is 150 Å². The Morgan fingerprint density at radius 2 is 1.74 bits per heavy atom. The van der Waals surface area contributed by atoms with Crippen molar-refractivity contribution in [1.29, 1.82) is 0 Å². The van der Waals surface area contributed by atoms with E-state index in [-0.39, 0.29) is 13.0 Å². The first kappa shape index (κ1) is 20.9. The van der Waals surface area contributed by atoms with E-state index < -0.39 is 30.7 Å². The maximum atomic E-state index is 13.3. The Morgan fingerprint density at radius 3 is 2.30 bits per heavy atom. The van der Waals surface area contributed by atoms with Gasteiger partial charge in [0.1, 0.15) is 0 Å². The van der Waals surface area contributed by atoms with Crippen LogP contribution >= 0.6 is 0 Å². The minimum atomic E-state index is -5.85. The number of para-hydroxylation sites is 1. The van der Waals surface area contributed by atoms with Gasteiger partial charge in [0.25, 0.3) is 5.66 Å². The number of hydrogen-bond donors (Lipinski definition) is 3. The summed E-state index contributed by atoms with van der Waals surface area (Å²) in [6.45, 7) is 0.163. The number of ether oxygens (including phenoxy) is 1. The number of alkyl halides is 6. The van der Waals surface area contributed by atoms with E-state index in [1.54, 1.807) is 30.3 Å². The second kappa shape index (κ2) is 7.67. The van der Waals surface area contributed by atoms with Gasteiger partial charge in [-0.2, -0.15) is 26.3 Å². The SMILES string of the molecule is CCOC(=O)NC(NCCc1cc2ccccc2[nH]1)(C(F)(F)F)C(F)(F)F. The summed E-state index contributed by atoms with van der Waals surface area (Å²) in [7, 11) is 0. The average Bonchev–Trinajstić information content (AvgIpc) is 2.94. The lowest BCUT2D eigenvalue weighted by molar-refractivity contribution is -0.315. The summed E-state index contributed by atoms with van der Waals surface area (Å²) in [5.74, 6) is 0. The number of H-pyrrole nitrogens is 1. The summed E-state index contributed by atoms with van der Waals surface area (Å²) in [4.78, 5) is 14.2. The van der Waals surface area contributed by atoms with Crippen LogP contribution in [0.25, 0.3) is 10.9 Å². The molecule has 0 aliphatic rings. The Balaban J connectivity index is 2.20. The van der Waals surface area contributed by atoms with E-state index in [4.69, 9.17) is 0 Å². The molecule has 3 N–H and O–H groups in total. The van der Waals surface area contributed by atoms with Gasteiger partial charge in [-0.25, -0.2) is 4.79 Å². The van der Waals surface area contributed by atoms with Gasteiger partial charge in [-0.1, -0.05) is 18.2 Å². The number of hydrogen-bond acceptors (Lipinski definition) is 3. The fourth-order valence-corrected chi connectivity index (χ4v) is 2.52. The van der Waals surface area contributed by atoms with Gasteiger partial charge in [-0.15, -0.1) is 0 Å². The largest absolute Gasteiger partial charge is 0.450 e. The van der Waals surface area contributed by atoms with Crippen LogP contribution in [0.5, 0.6) is 0 Å². The van der Waals surface area contributed by atoms with Crippen molar-refractivity contribution in [2.24, 2.45) is 0 Å². The smallest absolute Gasteiger partial charge is 0.434 e. The third kappa shape index (κ3) is 4.46. The molecule has 11 heteroatoms. The first-order valence-electron chi connectivity index (χ1n) is 7.90. The van der Waals surface area contributed by atoms with Crippen molar-refractivity contribution < 1.29 is 35.9 Å². The molecule has 0 saturated heterocycles. The van der Waals surface area contributed by atoms with Crippen LogP contribution in [0.4, 0.5) is 31.1 Å². The quantitative estimate of drug-likeness (QED) is 0.512. The van der Waals surface area contributed by atoms with Gasteiger partial charge >= 0.3 is 18.4 Å². The first-order chi connectivity index (χ1) is 12.5. The molecule has 150 valence electrons. The summed E-state index contributed by atoms with van der Waals surface area (Å²) in [6.07, 6.45) is -13.7. The monoisotopic (exact) mass is 397 g/mol. The molecule has 0 unspecified atom stereocenters. The molecule has 5 nitrogen and oxygen atoms in total. The Bertz CT molecular complexity index is 737. The summed E-state index contributed by atoms with van der Waals surface area (Å²) in [5, 5.41) is 3.08. The second-order valence-corrected chi connectivity index (χ2v) is 5.65. The molecule has 0 aliphatic heterocycles. The van der Waals surface area contributed by atoms with E-state index in [0.29, 0.717) is 11.2 Å². The van der Waals surface area contributed by atoms with Crippen molar-refractivity contribution in [1.82, 2.24) is 15.6 Å². The molecular formula is C16H17F6N3O2. The normalized spacial score (nSPS) is 13.0. The number of carbonyl (C=O) groups is 1. The lowest BCUT2D eigenvalue weighted by Crippen LogP contribution is -2.75. The first-order valence-corrected chi connectivity index (χ1v) is 7.90. The van der Waals surface area contributed by atoms with Crippen LogP contribution in [0, 0.1) is 0 Å². The fraction of sp³-hybridized carbons (Fsp3) is 0.438. The molecule has 2 aromatic rings. The third-order valence-electron chi connectivity index (χ3n) is 3.79. The lowest BCUT2D eigenvalue weighted by atomic mass is 10.1. The summed E-state index contributed by atoms with van der Waals surface area (Å²) < 4.78 is 84.0. The third-order valence-corrected chi connectivity index (χ3v) is 3.79. The van der Waals surface area contributed by atoms with Crippen molar-refractivity contribution in [2.45, 2.75) is 31.4 Å². The molecule has 0 atom stereocenters. The van der Waals surface area contributed by atoms with Crippen molar-refractivity contribution in [3.63, 3.8) is 0 Å². The molecular weight excluding hydrogens is 380 g/mol. The molecule has 1 aromatic carbocycles. The number of alkyl carbamates (subject to hydrolysis) is 1. The van der Waals surface area contributed by atoms with Crippen molar-refractivity contribution in [2.75, 3.05) is 13.2 Å². The number of nitrogens with one attached hydrogen (secondary N) is 3. The fourth-order valence-electron chi connectivity index (χ4n) is 2.52. The van der Waals surface area contributed by atoms with Gasteiger partial charge in [0.2, 0.25) is 0 Å². The Morgan fingerprint density at radius 1 is 1.11 bits per heavy atom. The van der Waals surface area contributed by atoms with Gasteiger partial charge in [0, 0.05) is 24.2 Å². The van der Waals surface area contributed by atoms with E-state index in [1.807, 2.05) is 0 Å². The van der Waals surface area contributed by atoms with Crippen LogP contribution < -0.4 is 10.6 Å². The molecule has 0 fully saturated rings. The molecule has 0 bridgehead atoms. The topological polar surface area (TPSA) is 66.2 Å². The molecule has 0 aliphatic carbocycles. The summed E-state index contributed by atoms with van der Waals surface area (Å²) >= 11 is 0. The van der Waals surface area contributed by atoms with Crippen LogP contribution in [-0.4, -0.2) is 42.2 Å². The van der Waals surface area contributed by atoms with Gasteiger partial charge in [0.15, 0.2) is 0 Å². The number of halogens is 6. The number of aromatic nitrogens is 1. The van der Waals surface area contributed by atoms with Gasteiger partial charge in [0.05, 0.1) is 6.61 Å². The lowest BCUT2D eigenvalue weighted by Gasteiger charge is -2.38. The zero-order chi connectivity index (χ0) is 20.3. The standard InChI is InChI=1S/C16H17F6N3O2/c1-2-27-13(26)25-14(15(17,18)19,16(20,21)22)23-8-7-11-9-10-5-3-4-6-12(10)24-11/h3-6,9,23-24H,2,7-8H2,1H3,(H,25,26). The Hall–Kier alpha value is -2.43. The molecule has 0 saturated carbocycles. The van der Waals surface area contributed by atoms with Crippen LogP contribution in [0.1, 0.15) is 12.6 Å². The predicted octanol–water partition coefficient (Wildman–Crippen LogP) is 3.87. The number of benzene rings is 1. The maximum absolute atomic E-state index is 13.3. The van der Waals surface area contributed by atoms with Crippen LogP contribution in [-0.2, 0) is 11.2 Å². The van der Waals surface area contributed by atoms with Crippen molar-refractivity contribution >= 4 is 17.0 Å². The minimum absolute atomic E-state index is 0.160. The molecule has 0 spiro atoms. The Kier molecular flexibility index (Phi) is 5.93. The van der Waals surface area contributed by atoms with Gasteiger partial charge in [-0.3, -0.25) is 10.6 Å².